The van der Waals surface area contributed by atoms with Gasteiger partial charge in [-0.2, -0.15) is 0 Å². The summed E-state index contributed by atoms with van der Waals surface area (Å²) in [5, 5.41) is 9.89. The van der Waals surface area contributed by atoms with Gasteiger partial charge in [0, 0.05) is 11.1 Å². The predicted octanol–water partition coefficient (Wildman–Crippen LogP) is 7.18. The number of aromatic carboxylic acids is 1. The smallest absolute Gasteiger partial charge is 0.478 e. The number of hydrogen-bond donors (Lipinski definition) is 1. The van der Waals surface area contributed by atoms with Crippen molar-refractivity contribution in [3.63, 3.8) is 0 Å². The molecule has 2 rings (SSSR count). The van der Waals surface area contributed by atoms with Crippen molar-refractivity contribution in [2.75, 3.05) is 6.61 Å². The zero-order valence-electron chi connectivity index (χ0n) is 19.5. The van der Waals surface area contributed by atoms with Crippen molar-refractivity contribution in [1.82, 2.24) is 0 Å². The highest BCUT2D eigenvalue weighted by atomic mass is 16.7. The Morgan fingerprint density at radius 2 is 1.71 bits per heavy atom. The Hall–Kier alpha value is -2.82. The van der Waals surface area contributed by atoms with Gasteiger partial charge in [-0.3, -0.25) is 0 Å². The highest BCUT2D eigenvalue weighted by molar-refractivity contribution is 5.98. The molecule has 0 radical (unpaired) electrons. The van der Waals surface area contributed by atoms with Gasteiger partial charge in [-0.05, 0) is 60.4 Å². The second-order valence-electron chi connectivity index (χ2n) is 8.37. The molecule has 31 heavy (non-hydrogen) atoms. The van der Waals surface area contributed by atoms with Gasteiger partial charge >= 0.3 is 12.1 Å². The Labute approximate surface area is 185 Å². The van der Waals surface area contributed by atoms with E-state index >= 15 is 0 Å². The van der Waals surface area contributed by atoms with Crippen molar-refractivity contribution in [3.8, 4) is 16.9 Å². The second kappa shape index (κ2) is 11.0. The first-order valence-electron chi connectivity index (χ1n) is 11.1. The largest absolute Gasteiger partial charge is 0.513 e. The molecule has 0 saturated heterocycles. The zero-order chi connectivity index (χ0) is 23.1. The monoisotopic (exact) mass is 426 g/mol. The summed E-state index contributed by atoms with van der Waals surface area (Å²) in [5.74, 6) is -0.365. The fourth-order valence-corrected chi connectivity index (χ4v) is 3.57. The molecular weight excluding hydrogens is 392 g/mol. The number of aryl methyl sites for hydroxylation is 1. The number of unbranched alkanes of at least 4 members (excludes halogenated alkanes) is 1. The maximum atomic E-state index is 12.2. The summed E-state index contributed by atoms with van der Waals surface area (Å²) < 4.78 is 10.6. The molecule has 0 atom stereocenters. The van der Waals surface area contributed by atoms with Crippen LogP contribution in [0.5, 0.6) is 5.75 Å². The number of hydrogen-bond acceptors (Lipinski definition) is 4. The van der Waals surface area contributed by atoms with Gasteiger partial charge in [-0.25, -0.2) is 9.59 Å². The van der Waals surface area contributed by atoms with Gasteiger partial charge in [0.15, 0.2) is 0 Å². The summed E-state index contributed by atoms with van der Waals surface area (Å²) in [6.45, 7) is 12.3. The molecule has 168 valence electrons. The van der Waals surface area contributed by atoms with E-state index in [9.17, 15) is 14.7 Å². The highest BCUT2D eigenvalue weighted by Crippen LogP contribution is 2.42. The van der Waals surface area contributed by atoms with Crippen LogP contribution in [-0.2, 0) is 11.2 Å². The van der Waals surface area contributed by atoms with Crippen LogP contribution in [0.1, 0.15) is 93.3 Å². The van der Waals surface area contributed by atoms with Gasteiger partial charge in [0.05, 0.1) is 12.2 Å². The summed E-state index contributed by atoms with van der Waals surface area (Å²) in [5.41, 5.74) is 4.42. The normalized spacial score (nSPS) is 11.1. The molecule has 0 amide bonds. The third-order valence-corrected chi connectivity index (χ3v) is 5.30. The van der Waals surface area contributed by atoms with Crippen LogP contribution in [0.3, 0.4) is 0 Å². The number of ether oxygens (including phenoxy) is 2. The molecule has 0 fully saturated rings. The molecule has 2 aromatic rings. The van der Waals surface area contributed by atoms with Crippen LogP contribution in [0, 0.1) is 0 Å². The number of carboxylic acid groups (broad SMARTS) is 1. The van der Waals surface area contributed by atoms with Gasteiger partial charge in [-0.15, -0.1) is 0 Å². The van der Waals surface area contributed by atoms with Crippen molar-refractivity contribution in [1.29, 1.82) is 0 Å². The van der Waals surface area contributed by atoms with Gasteiger partial charge < -0.3 is 14.6 Å². The third kappa shape index (κ3) is 6.09. The highest BCUT2D eigenvalue weighted by Gasteiger charge is 2.24. The van der Waals surface area contributed by atoms with Gasteiger partial charge in [0.1, 0.15) is 5.75 Å². The summed E-state index contributed by atoms with van der Waals surface area (Å²) in [7, 11) is 0. The lowest BCUT2D eigenvalue weighted by molar-refractivity contribution is 0.0697. The van der Waals surface area contributed by atoms with E-state index in [4.69, 9.17) is 9.47 Å². The topological polar surface area (TPSA) is 72.8 Å². The summed E-state index contributed by atoms with van der Waals surface area (Å²) in [4.78, 5) is 24.3. The molecule has 0 unspecified atom stereocenters. The Balaban J connectivity index is 2.83. The summed E-state index contributed by atoms with van der Waals surface area (Å²) >= 11 is 0. The predicted molar refractivity (Wildman–Crippen MR) is 123 cm³/mol. The Morgan fingerprint density at radius 1 is 1.00 bits per heavy atom. The molecule has 1 N–H and O–H groups in total. The minimum atomic E-state index is -1.01. The quantitative estimate of drug-likeness (QED) is 0.340. The number of carbonyl (C=O) groups excluding carboxylic acids is 1. The van der Waals surface area contributed by atoms with Crippen molar-refractivity contribution < 1.29 is 24.2 Å². The second-order valence-corrected chi connectivity index (χ2v) is 8.37. The first-order chi connectivity index (χ1) is 14.7. The maximum Gasteiger partial charge on any atom is 0.513 e. The van der Waals surface area contributed by atoms with E-state index in [2.05, 4.69) is 40.7 Å². The van der Waals surface area contributed by atoms with Crippen molar-refractivity contribution in [2.24, 2.45) is 0 Å². The molecule has 0 aliphatic heterocycles. The summed E-state index contributed by atoms with van der Waals surface area (Å²) in [6.07, 6.45) is 2.13. The van der Waals surface area contributed by atoms with E-state index in [1.54, 1.807) is 13.0 Å². The summed E-state index contributed by atoms with van der Waals surface area (Å²) in [6, 6.07) is 9.36. The molecule has 0 bridgehead atoms. The van der Waals surface area contributed by atoms with E-state index in [1.165, 1.54) is 0 Å². The van der Waals surface area contributed by atoms with Crippen LogP contribution >= 0.6 is 0 Å². The van der Waals surface area contributed by atoms with Crippen LogP contribution in [-0.4, -0.2) is 23.8 Å². The third-order valence-electron chi connectivity index (χ3n) is 5.30. The van der Waals surface area contributed by atoms with Crippen molar-refractivity contribution in [3.05, 3.63) is 52.6 Å². The fourth-order valence-electron chi connectivity index (χ4n) is 3.57. The van der Waals surface area contributed by atoms with Crippen LogP contribution in [0.25, 0.3) is 11.1 Å². The van der Waals surface area contributed by atoms with E-state index < -0.39 is 12.1 Å². The van der Waals surface area contributed by atoms with Crippen LogP contribution in [0.15, 0.2) is 30.3 Å². The lowest BCUT2D eigenvalue weighted by atomic mass is 9.85. The Kier molecular flexibility index (Phi) is 8.66. The molecule has 0 heterocycles. The standard InChI is InChI=1S/C26H34O5/c1-7-9-10-18-11-12-20(25(27)28)22(13-18)24-21(17(5)6)14-19(16(3)4)15-23(24)31-26(29)30-8-2/h11-17H,7-10H2,1-6H3,(H,27,28). The minimum Gasteiger partial charge on any atom is -0.478 e. The van der Waals surface area contributed by atoms with E-state index in [0.717, 1.165) is 36.0 Å². The SMILES string of the molecule is CCCCc1ccc(C(=O)O)c(-c2c(OC(=O)OCC)cc(C(C)C)cc2C(C)C)c1. The lowest BCUT2D eigenvalue weighted by Crippen LogP contribution is -2.13. The molecule has 5 nitrogen and oxygen atoms in total. The van der Waals surface area contributed by atoms with Crippen LogP contribution in [0.4, 0.5) is 4.79 Å². The Bertz CT molecular complexity index is 928. The molecule has 0 aliphatic carbocycles. The maximum absolute atomic E-state index is 12.2. The molecule has 0 spiro atoms. The molecule has 0 aliphatic rings. The average Bonchev–Trinajstić information content (AvgIpc) is 2.71. The first-order valence-corrected chi connectivity index (χ1v) is 11.1. The fraction of sp³-hybridized carbons (Fsp3) is 0.462. The van der Waals surface area contributed by atoms with Gasteiger partial charge in [0.2, 0.25) is 0 Å². The first kappa shape index (κ1) is 24.4. The minimum absolute atomic E-state index is 0.0965. The van der Waals surface area contributed by atoms with E-state index in [-0.39, 0.29) is 24.0 Å². The van der Waals surface area contributed by atoms with E-state index in [0.29, 0.717) is 16.9 Å². The van der Waals surface area contributed by atoms with Crippen LogP contribution < -0.4 is 4.74 Å². The molecule has 5 heteroatoms. The molecule has 0 aromatic heterocycles. The molecule has 2 aromatic carbocycles. The van der Waals surface area contributed by atoms with Crippen molar-refractivity contribution in [2.45, 2.75) is 72.6 Å². The zero-order valence-corrected chi connectivity index (χ0v) is 19.5. The number of carbonyl (C=O) groups is 2. The molecule has 0 saturated carbocycles. The number of carboxylic acids is 1. The number of rotatable bonds is 9. The van der Waals surface area contributed by atoms with Gasteiger partial charge in [0.25, 0.3) is 0 Å². The molecular formula is C26H34O5. The number of benzene rings is 2. The Morgan fingerprint density at radius 3 is 2.26 bits per heavy atom. The van der Waals surface area contributed by atoms with Gasteiger partial charge in [-0.1, -0.05) is 59.2 Å². The van der Waals surface area contributed by atoms with Crippen LogP contribution in [0.2, 0.25) is 0 Å². The van der Waals surface area contributed by atoms with E-state index in [1.807, 2.05) is 18.2 Å². The average molecular weight is 427 g/mol. The lowest BCUT2D eigenvalue weighted by Gasteiger charge is -2.22. The van der Waals surface area contributed by atoms with Crippen molar-refractivity contribution >= 4 is 12.1 Å².